The van der Waals surface area contributed by atoms with Crippen molar-refractivity contribution in [1.82, 2.24) is 15.2 Å². The van der Waals surface area contributed by atoms with E-state index in [-0.39, 0.29) is 17.5 Å². The highest BCUT2D eigenvalue weighted by Gasteiger charge is 2.19. The largest absolute Gasteiger partial charge is 0.490 e. The quantitative estimate of drug-likeness (QED) is 0.526. The average molecular weight is 339 g/mol. The second kappa shape index (κ2) is 7.10. The van der Waals surface area contributed by atoms with Crippen LogP contribution in [0.5, 0.6) is 5.75 Å². The van der Waals surface area contributed by atoms with Crippen LogP contribution in [0.25, 0.3) is 11.4 Å². The van der Waals surface area contributed by atoms with Crippen molar-refractivity contribution in [3.63, 3.8) is 0 Å². The predicted molar refractivity (Wildman–Crippen MR) is 92.1 cm³/mol. The summed E-state index contributed by atoms with van der Waals surface area (Å²) in [6.45, 7) is 0. The Morgan fingerprint density at radius 1 is 1.28 bits per heavy atom. The highest BCUT2D eigenvalue weighted by molar-refractivity contribution is 5.63. The molecule has 0 spiro atoms. The van der Waals surface area contributed by atoms with E-state index in [1.54, 1.807) is 6.07 Å². The Bertz CT molecular complexity index is 879. The number of methoxy groups -OCH3 is 1. The first-order valence-electron chi connectivity index (χ1n) is 7.63. The van der Waals surface area contributed by atoms with Gasteiger partial charge in [-0.05, 0) is 24.1 Å². The first-order chi connectivity index (χ1) is 12.1. The third-order valence-electron chi connectivity index (χ3n) is 3.79. The van der Waals surface area contributed by atoms with Gasteiger partial charge in [-0.25, -0.2) is 4.98 Å². The topological polar surface area (TPSA) is 120 Å². The molecule has 0 aliphatic rings. The molecule has 0 saturated carbocycles. The fraction of sp³-hybridized carbons (Fsp3) is 0.176. The molecule has 3 N–H and O–H groups in total. The first kappa shape index (κ1) is 16.6. The van der Waals surface area contributed by atoms with Crippen LogP contribution in [0.4, 0.5) is 5.69 Å². The van der Waals surface area contributed by atoms with Gasteiger partial charge in [0.2, 0.25) is 0 Å². The Morgan fingerprint density at radius 3 is 2.72 bits per heavy atom. The van der Waals surface area contributed by atoms with Gasteiger partial charge < -0.3 is 10.5 Å². The van der Waals surface area contributed by atoms with Crippen LogP contribution in [0.3, 0.4) is 0 Å². The van der Waals surface area contributed by atoms with Gasteiger partial charge in [-0.1, -0.05) is 30.3 Å². The summed E-state index contributed by atoms with van der Waals surface area (Å²) in [5.74, 6) is 1.06. The normalized spacial score (nSPS) is 11.9. The van der Waals surface area contributed by atoms with Gasteiger partial charge in [0.25, 0.3) is 0 Å². The van der Waals surface area contributed by atoms with Crippen LogP contribution >= 0.6 is 0 Å². The Kier molecular flexibility index (Phi) is 4.71. The number of nitrogens with zero attached hydrogens (tertiary/aromatic N) is 3. The lowest BCUT2D eigenvalue weighted by Gasteiger charge is -2.07. The number of benzene rings is 2. The summed E-state index contributed by atoms with van der Waals surface area (Å²) in [4.78, 5) is 15.0. The zero-order chi connectivity index (χ0) is 17.8. The van der Waals surface area contributed by atoms with Crippen LogP contribution in [0.1, 0.15) is 17.4 Å². The van der Waals surface area contributed by atoms with Crippen molar-refractivity contribution >= 4 is 5.69 Å². The van der Waals surface area contributed by atoms with Crippen molar-refractivity contribution in [2.45, 2.75) is 12.5 Å². The fourth-order valence-electron chi connectivity index (χ4n) is 2.51. The molecule has 0 saturated heterocycles. The Labute approximate surface area is 143 Å². The number of nitrogens with one attached hydrogen (secondary N) is 1. The monoisotopic (exact) mass is 339 g/mol. The number of H-pyrrole nitrogens is 1. The van der Waals surface area contributed by atoms with E-state index in [0.717, 1.165) is 5.56 Å². The second-order valence-corrected chi connectivity index (χ2v) is 5.48. The van der Waals surface area contributed by atoms with Crippen LogP contribution < -0.4 is 10.5 Å². The zero-order valence-corrected chi connectivity index (χ0v) is 13.5. The summed E-state index contributed by atoms with van der Waals surface area (Å²) in [6, 6.07) is 14.0. The van der Waals surface area contributed by atoms with Crippen LogP contribution in [-0.2, 0) is 6.42 Å². The Hall–Kier alpha value is -3.26. The highest BCUT2D eigenvalue weighted by atomic mass is 16.6. The minimum absolute atomic E-state index is 0.139. The summed E-state index contributed by atoms with van der Waals surface area (Å²) in [7, 11) is 1.38. The van der Waals surface area contributed by atoms with Crippen LogP contribution in [-0.4, -0.2) is 27.2 Å². The van der Waals surface area contributed by atoms with E-state index in [1.165, 1.54) is 19.2 Å². The number of hydrogen-bond acceptors (Lipinski definition) is 6. The van der Waals surface area contributed by atoms with Crippen LogP contribution in [0, 0.1) is 10.1 Å². The minimum atomic E-state index is -0.503. The van der Waals surface area contributed by atoms with Crippen molar-refractivity contribution < 1.29 is 9.66 Å². The van der Waals surface area contributed by atoms with Crippen LogP contribution in [0.2, 0.25) is 0 Å². The third kappa shape index (κ3) is 3.64. The molecule has 1 atom stereocenters. The molecular formula is C17H17N5O3. The van der Waals surface area contributed by atoms with Crippen molar-refractivity contribution in [2.75, 3.05) is 7.11 Å². The fourth-order valence-corrected chi connectivity index (χ4v) is 2.51. The van der Waals surface area contributed by atoms with Gasteiger partial charge in [0.15, 0.2) is 11.6 Å². The number of ether oxygens (including phenoxy) is 1. The van der Waals surface area contributed by atoms with Gasteiger partial charge in [-0.2, -0.15) is 5.10 Å². The third-order valence-corrected chi connectivity index (χ3v) is 3.79. The molecule has 2 aromatic carbocycles. The predicted octanol–water partition coefficient (Wildman–Crippen LogP) is 2.63. The van der Waals surface area contributed by atoms with E-state index >= 15 is 0 Å². The number of nitrogens with two attached hydrogens (primary N) is 1. The van der Waals surface area contributed by atoms with Gasteiger partial charge in [0.1, 0.15) is 5.82 Å². The van der Waals surface area contributed by atoms with Gasteiger partial charge in [0.05, 0.1) is 18.1 Å². The average Bonchev–Trinajstić information content (AvgIpc) is 3.12. The number of rotatable bonds is 6. The van der Waals surface area contributed by atoms with E-state index in [1.807, 2.05) is 30.3 Å². The standard InChI is InChI=1S/C17H17N5O3/c1-25-15-8-7-12(10-14(15)22(23)24)16-19-17(21-20-16)13(18)9-11-5-3-2-4-6-11/h2-8,10,13H,9,18H2,1H3,(H,19,20,21)/t13-/m0/s1. The molecule has 128 valence electrons. The van der Waals surface area contributed by atoms with Gasteiger partial charge in [-0.15, -0.1) is 0 Å². The van der Waals surface area contributed by atoms with E-state index in [2.05, 4.69) is 15.2 Å². The number of aromatic amines is 1. The van der Waals surface area contributed by atoms with Crippen molar-refractivity contribution in [1.29, 1.82) is 0 Å². The lowest BCUT2D eigenvalue weighted by Crippen LogP contribution is -2.15. The molecule has 0 amide bonds. The Morgan fingerprint density at radius 2 is 2.04 bits per heavy atom. The molecule has 1 heterocycles. The van der Waals surface area contributed by atoms with E-state index < -0.39 is 4.92 Å². The summed E-state index contributed by atoms with van der Waals surface area (Å²) in [5.41, 5.74) is 7.65. The molecule has 8 heteroatoms. The summed E-state index contributed by atoms with van der Waals surface area (Å²) in [6.07, 6.45) is 0.609. The molecule has 0 aliphatic carbocycles. The zero-order valence-electron chi connectivity index (χ0n) is 13.5. The first-order valence-corrected chi connectivity index (χ1v) is 7.63. The smallest absolute Gasteiger partial charge is 0.311 e. The SMILES string of the molecule is COc1ccc(-c2n[nH]c([C@@H](N)Cc3ccccc3)n2)cc1[N+](=O)[O-]. The van der Waals surface area contributed by atoms with Gasteiger partial charge >= 0.3 is 5.69 Å². The van der Waals surface area contributed by atoms with Crippen molar-refractivity contribution in [3.05, 3.63) is 70.0 Å². The van der Waals surface area contributed by atoms with Crippen LogP contribution in [0.15, 0.2) is 48.5 Å². The number of hydrogen-bond donors (Lipinski definition) is 2. The highest BCUT2D eigenvalue weighted by Crippen LogP contribution is 2.31. The molecule has 1 aromatic heterocycles. The van der Waals surface area contributed by atoms with Crippen molar-refractivity contribution in [3.8, 4) is 17.1 Å². The molecule has 0 radical (unpaired) electrons. The number of nitro groups is 1. The molecular weight excluding hydrogens is 322 g/mol. The second-order valence-electron chi connectivity index (χ2n) is 5.48. The maximum absolute atomic E-state index is 11.1. The molecule has 3 aromatic rings. The lowest BCUT2D eigenvalue weighted by atomic mass is 10.1. The lowest BCUT2D eigenvalue weighted by molar-refractivity contribution is -0.385. The molecule has 0 unspecified atom stereocenters. The maximum Gasteiger partial charge on any atom is 0.311 e. The summed E-state index contributed by atoms with van der Waals surface area (Å²) >= 11 is 0. The van der Waals surface area contributed by atoms with E-state index in [4.69, 9.17) is 10.5 Å². The molecule has 0 aliphatic heterocycles. The summed E-state index contributed by atoms with van der Waals surface area (Å²) < 4.78 is 5.00. The van der Waals surface area contributed by atoms with E-state index in [9.17, 15) is 10.1 Å². The molecule has 0 bridgehead atoms. The number of aromatic nitrogens is 3. The summed E-state index contributed by atoms with van der Waals surface area (Å²) in [5, 5.41) is 18.1. The minimum Gasteiger partial charge on any atom is -0.490 e. The van der Waals surface area contributed by atoms with Gasteiger partial charge in [0, 0.05) is 11.6 Å². The molecule has 0 fully saturated rings. The van der Waals surface area contributed by atoms with Crippen molar-refractivity contribution in [2.24, 2.45) is 5.73 Å². The van der Waals surface area contributed by atoms with Gasteiger partial charge in [-0.3, -0.25) is 15.2 Å². The Balaban J connectivity index is 1.84. The number of nitro benzene ring substituents is 1. The molecule has 3 rings (SSSR count). The van der Waals surface area contributed by atoms with E-state index in [0.29, 0.717) is 23.6 Å². The molecule has 25 heavy (non-hydrogen) atoms. The molecule has 8 nitrogen and oxygen atoms in total. The maximum atomic E-state index is 11.1.